The lowest BCUT2D eigenvalue weighted by molar-refractivity contribution is 0.213. The number of carbonyl (C=O) groups excluding carboxylic acids is 1. The van der Waals surface area contributed by atoms with E-state index >= 15 is 0 Å². The highest BCUT2D eigenvalue weighted by atomic mass is 79.9. The van der Waals surface area contributed by atoms with Crippen molar-refractivity contribution in [2.75, 3.05) is 13.1 Å². The molecule has 7 heteroatoms. The summed E-state index contributed by atoms with van der Waals surface area (Å²) in [4.78, 5) is 19.5. The summed E-state index contributed by atoms with van der Waals surface area (Å²) in [5.41, 5.74) is 0.926. The van der Waals surface area contributed by atoms with Gasteiger partial charge in [-0.05, 0) is 31.5 Å². The maximum Gasteiger partial charge on any atom is 0.346 e. The summed E-state index contributed by atoms with van der Waals surface area (Å²) in [6.45, 7) is 2.55. The van der Waals surface area contributed by atoms with Gasteiger partial charge in [-0.25, -0.2) is 9.18 Å². The molecule has 1 aromatic heterocycles. The van der Waals surface area contributed by atoms with Crippen molar-refractivity contribution in [1.82, 2.24) is 9.47 Å². The fourth-order valence-electron chi connectivity index (χ4n) is 2.39. The molecule has 22 heavy (non-hydrogen) atoms. The zero-order valence-electron chi connectivity index (χ0n) is 12.0. The molecule has 2 heterocycles. The maximum absolute atomic E-state index is 13.2. The quantitative estimate of drug-likeness (QED) is 0.739. The number of likely N-dealkylation sites (tertiary alicyclic amines) is 1. The third-order valence-electron chi connectivity index (χ3n) is 3.45. The number of halogens is 2. The van der Waals surface area contributed by atoms with E-state index in [1.54, 1.807) is 0 Å². The lowest BCUT2D eigenvalue weighted by atomic mass is 10.3. The van der Waals surface area contributed by atoms with Gasteiger partial charge in [-0.3, -0.25) is 4.57 Å². The van der Waals surface area contributed by atoms with E-state index < -0.39 is 6.17 Å². The van der Waals surface area contributed by atoms with Gasteiger partial charge >= 0.3 is 6.03 Å². The van der Waals surface area contributed by atoms with Crippen LogP contribution >= 0.6 is 27.3 Å². The van der Waals surface area contributed by atoms with Crippen LogP contribution in [0.4, 0.5) is 9.18 Å². The number of rotatable bonds is 1. The number of hydrogen-bond acceptors (Lipinski definition) is 2. The highest BCUT2D eigenvalue weighted by Gasteiger charge is 2.25. The van der Waals surface area contributed by atoms with Crippen molar-refractivity contribution in [3.8, 4) is 5.69 Å². The van der Waals surface area contributed by atoms with Crippen LogP contribution in [0.25, 0.3) is 5.69 Å². The number of aromatic nitrogens is 1. The Bertz CT molecular complexity index is 770. The van der Waals surface area contributed by atoms with Crippen molar-refractivity contribution < 1.29 is 9.18 Å². The van der Waals surface area contributed by atoms with Gasteiger partial charge in [0, 0.05) is 27.8 Å². The fraction of sp³-hybridized carbons (Fsp3) is 0.333. The third-order valence-corrected chi connectivity index (χ3v) is 4.84. The van der Waals surface area contributed by atoms with Gasteiger partial charge in [0.05, 0.1) is 6.54 Å². The number of amides is 2. The van der Waals surface area contributed by atoms with Crippen molar-refractivity contribution in [3.05, 3.63) is 44.6 Å². The standard InChI is InChI=1S/C15H15BrFN3OS/c1-10-8-20(13-4-2-3-11(16)7-13)15(22-10)18-14(21)19-6-5-12(17)9-19/h2-4,7-8,12H,5-6,9H2,1H3/b18-15-. The summed E-state index contributed by atoms with van der Waals surface area (Å²) < 4.78 is 16.1. The zero-order chi connectivity index (χ0) is 15.7. The first-order valence-electron chi connectivity index (χ1n) is 6.95. The molecule has 4 nitrogen and oxygen atoms in total. The molecular formula is C15H15BrFN3OS. The van der Waals surface area contributed by atoms with Crippen LogP contribution in [0.15, 0.2) is 39.9 Å². The zero-order valence-corrected chi connectivity index (χ0v) is 14.4. The van der Waals surface area contributed by atoms with Crippen LogP contribution in [0.5, 0.6) is 0 Å². The molecule has 3 rings (SSSR count). The summed E-state index contributed by atoms with van der Waals surface area (Å²) in [7, 11) is 0. The highest BCUT2D eigenvalue weighted by Crippen LogP contribution is 2.17. The van der Waals surface area contributed by atoms with E-state index in [4.69, 9.17) is 0 Å². The van der Waals surface area contributed by atoms with Crippen molar-refractivity contribution in [2.45, 2.75) is 19.5 Å². The molecule has 0 aliphatic carbocycles. The van der Waals surface area contributed by atoms with Crippen molar-refractivity contribution in [2.24, 2.45) is 4.99 Å². The summed E-state index contributed by atoms with van der Waals surface area (Å²) in [5, 5.41) is 0. The molecule has 2 aromatic rings. The van der Waals surface area contributed by atoms with Crippen LogP contribution in [0, 0.1) is 6.92 Å². The molecule has 0 radical (unpaired) electrons. The SMILES string of the molecule is Cc1cn(-c2cccc(Br)c2)/c(=N/C(=O)N2CCC(F)C2)s1. The summed E-state index contributed by atoms with van der Waals surface area (Å²) in [6, 6.07) is 7.42. The van der Waals surface area contributed by atoms with Gasteiger partial charge in [0.15, 0.2) is 4.80 Å². The second-order valence-corrected chi connectivity index (χ2v) is 7.33. The molecule has 0 N–H and O–H groups in total. The Morgan fingerprint density at radius 3 is 3.00 bits per heavy atom. The number of thiazole rings is 1. The first-order chi connectivity index (χ1) is 10.5. The van der Waals surface area contributed by atoms with Crippen LogP contribution in [0.3, 0.4) is 0 Å². The van der Waals surface area contributed by atoms with E-state index in [0.717, 1.165) is 15.0 Å². The molecule has 1 aliphatic heterocycles. The first-order valence-corrected chi connectivity index (χ1v) is 8.56. The lowest BCUT2D eigenvalue weighted by Gasteiger charge is -2.10. The number of benzene rings is 1. The van der Waals surface area contributed by atoms with Gasteiger partial charge in [-0.2, -0.15) is 4.99 Å². The van der Waals surface area contributed by atoms with Crippen LogP contribution in [0.1, 0.15) is 11.3 Å². The minimum Gasteiger partial charge on any atom is -0.320 e. The molecule has 0 saturated carbocycles. The largest absolute Gasteiger partial charge is 0.346 e. The molecule has 0 bridgehead atoms. The first kappa shape index (κ1) is 15.4. The smallest absolute Gasteiger partial charge is 0.320 e. The van der Waals surface area contributed by atoms with Gasteiger partial charge < -0.3 is 4.90 Å². The molecule has 1 saturated heterocycles. The summed E-state index contributed by atoms with van der Waals surface area (Å²) in [6.07, 6.45) is 1.41. The predicted molar refractivity (Wildman–Crippen MR) is 88.1 cm³/mol. The molecule has 1 atom stereocenters. The van der Waals surface area contributed by atoms with Crippen LogP contribution < -0.4 is 4.80 Å². The number of carbonyl (C=O) groups is 1. The van der Waals surface area contributed by atoms with Crippen molar-refractivity contribution in [3.63, 3.8) is 0 Å². The fourth-order valence-corrected chi connectivity index (χ4v) is 3.60. The van der Waals surface area contributed by atoms with E-state index in [9.17, 15) is 9.18 Å². The maximum atomic E-state index is 13.2. The predicted octanol–water partition coefficient (Wildman–Crippen LogP) is 3.67. The van der Waals surface area contributed by atoms with Crippen LogP contribution in [-0.2, 0) is 0 Å². The highest BCUT2D eigenvalue weighted by molar-refractivity contribution is 9.10. The molecule has 1 unspecified atom stereocenters. The average Bonchev–Trinajstić information content (AvgIpc) is 3.05. The Kier molecular flexibility index (Phi) is 4.44. The molecular weight excluding hydrogens is 369 g/mol. The Hall–Kier alpha value is -1.47. The minimum atomic E-state index is -0.929. The topological polar surface area (TPSA) is 37.6 Å². The van der Waals surface area contributed by atoms with Crippen molar-refractivity contribution in [1.29, 1.82) is 0 Å². The monoisotopic (exact) mass is 383 g/mol. The van der Waals surface area contributed by atoms with Crippen molar-refractivity contribution >= 4 is 33.3 Å². The number of urea groups is 1. The Morgan fingerprint density at radius 2 is 2.32 bits per heavy atom. The average molecular weight is 384 g/mol. The normalized spacial score (nSPS) is 19.0. The third kappa shape index (κ3) is 3.30. The Balaban J connectivity index is 1.97. The number of nitrogens with zero attached hydrogens (tertiary/aromatic N) is 3. The summed E-state index contributed by atoms with van der Waals surface area (Å²) in [5.74, 6) is 0. The lowest BCUT2D eigenvalue weighted by Crippen LogP contribution is -2.28. The molecule has 1 fully saturated rings. The molecule has 116 valence electrons. The molecule has 1 aromatic carbocycles. The van der Waals surface area contributed by atoms with E-state index in [0.29, 0.717) is 17.8 Å². The number of alkyl halides is 1. The van der Waals surface area contributed by atoms with Gasteiger partial charge in [0.2, 0.25) is 0 Å². The van der Waals surface area contributed by atoms with Gasteiger partial charge in [0.25, 0.3) is 0 Å². The van der Waals surface area contributed by atoms with Crippen LogP contribution in [0.2, 0.25) is 0 Å². The van der Waals surface area contributed by atoms with Gasteiger partial charge in [-0.15, -0.1) is 11.3 Å². The molecule has 0 spiro atoms. The second-order valence-electron chi connectivity index (χ2n) is 5.20. The molecule has 2 amide bonds. The van der Waals surface area contributed by atoms with Gasteiger partial charge in [0.1, 0.15) is 6.17 Å². The van der Waals surface area contributed by atoms with E-state index in [1.807, 2.05) is 42.0 Å². The number of aryl methyl sites for hydroxylation is 1. The Labute approximate surface area is 140 Å². The van der Waals surface area contributed by atoms with Gasteiger partial charge in [-0.1, -0.05) is 22.0 Å². The van der Waals surface area contributed by atoms with E-state index in [1.165, 1.54) is 16.2 Å². The number of hydrogen-bond donors (Lipinski definition) is 0. The minimum absolute atomic E-state index is 0.142. The second kappa shape index (κ2) is 6.34. The van der Waals surface area contributed by atoms with Crippen LogP contribution in [-0.4, -0.2) is 34.8 Å². The van der Waals surface area contributed by atoms with E-state index in [2.05, 4.69) is 20.9 Å². The van der Waals surface area contributed by atoms with E-state index in [-0.39, 0.29) is 12.6 Å². The summed E-state index contributed by atoms with van der Waals surface area (Å²) >= 11 is 4.89. The molecule has 1 aliphatic rings. The Morgan fingerprint density at radius 1 is 1.50 bits per heavy atom.